The van der Waals surface area contributed by atoms with Crippen LogP contribution < -0.4 is 10.1 Å². The van der Waals surface area contributed by atoms with E-state index in [-0.39, 0.29) is 31.2 Å². The molecule has 0 aliphatic carbocycles. The molecule has 0 saturated carbocycles. The SMILES string of the molecule is O=C(COC(=O)CN1C(=O)c2c(Cl)c(Cl)c(Cl)c(Cl)c2C1=O)Nc1ccc(Oc2ccccc2)cc1. The zero-order chi connectivity index (χ0) is 26.0. The first-order valence-electron chi connectivity index (χ1n) is 10.2. The lowest BCUT2D eigenvalue weighted by molar-refractivity contribution is -0.147. The van der Waals surface area contributed by atoms with Gasteiger partial charge in [0.25, 0.3) is 17.7 Å². The number of halogens is 4. The van der Waals surface area contributed by atoms with Crippen LogP contribution in [0.15, 0.2) is 54.6 Å². The van der Waals surface area contributed by atoms with E-state index in [4.69, 9.17) is 55.9 Å². The first-order chi connectivity index (χ1) is 17.2. The third-order valence-electron chi connectivity index (χ3n) is 4.95. The highest BCUT2D eigenvalue weighted by atomic mass is 35.5. The lowest BCUT2D eigenvalue weighted by Crippen LogP contribution is -2.36. The number of carbonyl (C=O) groups is 4. The van der Waals surface area contributed by atoms with Crippen molar-refractivity contribution in [2.45, 2.75) is 0 Å². The third-order valence-corrected chi connectivity index (χ3v) is 6.76. The summed E-state index contributed by atoms with van der Waals surface area (Å²) in [5.74, 6) is -2.19. The molecule has 12 heteroatoms. The molecule has 184 valence electrons. The largest absolute Gasteiger partial charge is 0.457 e. The van der Waals surface area contributed by atoms with Crippen molar-refractivity contribution in [3.8, 4) is 11.5 Å². The van der Waals surface area contributed by atoms with E-state index in [1.807, 2.05) is 18.2 Å². The highest BCUT2D eigenvalue weighted by Crippen LogP contribution is 2.44. The summed E-state index contributed by atoms with van der Waals surface area (Å²) >= 11 is 24.0. The molecule has 3 aromatic carbocycles. The molecule has 0 atom stereocenters. The summed E-state index contributed by atoms with van der Waals surface area (Å²) in [6, 6.07) is 15.7. The molecule has 1 aliphatic rings. The zero-order valence-corrected chi connectivity index (χ0v) is 21.0. The molecule has 3 aromatic rings. The molecule has 3 amide bonds. The third kappa shape index (κ3) is 5.27. The van der Waals surface area contributed by atoms with Gasteiger partial charge in [-0.25, -0.2) is 0 Å². The second-order valence-electron chi connectivity index (χ2n) is 7.35. The van der Waals surface area contributed by atoms with Crippen molar-refractivity contribution in [1.29, 1.82) is 0 Å². The van der Waals surface area contributed by atoms with Crippen LogP contribution in [0.3, 0.4) is 0 Å². The van der Waals surface area contributed by atoms with Gasteiger partial charge in [-0.05, 0) is 36.4 Å². The van der Waals surface area contributed by atoms with Crippen molar-refractivity contribution < 1.29 is 28.7 Å². The lowest BCUT2D eigenvalue weighted by Gasteiger charge is -2.13. The number of carbonyl (C=O) groups excluding carboxylic acids is 4. The van der Waals surface area contributed by atoms with Crippen LogP contribution in [0.4, 0.5) is 5.69 Å². The molecular formula is C24H14Cl4N2O6. The molecule has 0 radical (unpaired) electrons. The molecule has 1 N–H and O–H groups in total. The summed E-state index contributed by atoms with van der Waals surface area (Å²) < 4.78 is 10.6. The van der Waals surface area contributed by atoms with Crippen molar-refractivity contribution >= 4 is 75.8 Å². The number of nitrogens with one attached hydrogen (secondary N) is 1. The van der Waals surface area contributed by atoms with Gasteiger partial charge in [0.15, 0.2) is 6.61 Å². The predicted octanol–water partition coefficient (Wildman–Crippen LogP) is 5.87. The topological polar surface area (TPSA) is 102 Å². The number of ether oxygens (including phenoxy) is 2. The van der Waals surface area contributed by atoms with Crippen LogP contribution in [0, 0.1) is 0 Å². The summed E-state index contributed by atoms with van der Waals surface area (Å²) in [4.78, 5) is 50.3. The molecule has 0 spiro atoms. The van der Waals surface area contributed by atoms with Gasteiger partial charge in [0.05, 0.1) is 31.2 Å². The number of anilines is 1. The highest BCUT2D eigenvalue weighted by molar-refractivity contribution is 6.55. The number of hydrogen-bond donors (Lipinski definition) is 1. The number of amides is 3. The van der Waals surface area contributed by atoms with Crippen LogP contribution in [0.1, 0.15) is 20.7 Å². The summed E-state index contributed by atoms with van der Waals surface area (Å²) in [6.45, 7) is -1.42. The van der Waals surface area contributed by atoms with Gasteiger partial charge in [0, 0.05) is 5.69 Å². The molecule has 0 unspecified atom stereocenters. The van der Waals surface area contributed by atoms with Gasteiger partial charge in [0.1, 0.15) is 18.0 Å². The van der Waals surface area contributed by atoms with Crippen molar-refractivity contribution in [2.24, 2.45) is 0 Å². The molecule has 0 bridgehead atoms. The van der Waals surface area contributed by atoms with E-state index in [0.717, 1.165) is 0 Å². The predicted molar refractivity (Wildman–Crippen MR) is 134 cm³/mol. The maximum atomic E-state index is 12.7. The second kappa shape index (κ2) is 10.8. The Kier molecular flexibility index (Phi) is 7.70. The molecule has 0 aromatic heterocycles. The van der Waals surface area contributed by atoms with Crippen molar-refractivity contribution in [2.75, 3.05) is 18.5 Å². The van der Waals surface area contributed by atoms with E-state index in [1.165, 1.54) is 0 Å². The first-order valence-corrected chi connectivity index (χ1v) is 11.7. The Morgan fingerprint density at radius 1 is 0.750 bits per heavy atom. The summed E-state index contributed by atoms with van der Waals surface area (Å²) in [5.41, 5.74) is -0.0764. The zero-order valence-electron chi connectivity index (χ0n) is 18.0. The van der Waals surface area contributed by atoms with Crippen LogP contribution in [-0.4, -0.2) is 41.7 Å². The quantitative estimate of drug-likeness (QED) is 0.166. The Labute approximate surface area is 224 Å². The minimum Gasteiger partial charge on any atom is -0.457 e. The summed E-state index contributed by atoms with van der Waals surface area (Å²) in [6.07, 6.45) is 0. The highest BCUT2D eigenvalue weighted by Gasteiger charge is 2.42. The van der Waals surface area contributed by atoms with Gasteiger partial charge >= 0.3 is 5.97 Å². The first kappa shape index (κ1) is 25.8. The molecule has 1 aliphatic heterocycles. The van der Waals surface area contributed by atoms with Crippen LogP contribution >= 0.6 is 46.4 Å². The fraction of sp³-hybridized carbons (Fsp3) is 0.0833. The van der Waals surface area contributed by atoms with Crippen LogP contribution in [-0.2, 0) is 14.3 Å². The molecule has 1 heterocycles. The molecule has 0 fully saturated rings. The number of benzene rings is 3. The fourth-order valence-corrected chi connectivity index (χ4v) is 4.30. The average Bonchev–Trinajstić information content (AvgIpc) is 3.11. The Morgan fingerprint density at radius 2 is 1.28 bits per heavy atom. The van der Waals surface area contributed by atoms with E-state index in [1.54, 1.807) is 36.4 Å². The van der Waals surface area contributed by atoms with Crippen molar-refractivity contribution in [3.63, 3.8) is 0 Å². The Morgan fingerprint density at radius 3 is 1.83 bits per heavy atom. The number of rotatable bonds is 7. The maximum Gasteiger partial charge on any atom is 0.326 e. The van der Waals surface area contributed by atoms with E-state index in [2.05, 4.69) is 5.32 Å². The van der Waals surface area contributed by atoms with Crippen molar-refractivity contribution in [3.05, 3.63) is 85.8 Å². The average molecular weight is 568 g/mol. The van der Waals surface area contributed by atoms with E-state index in [0.29, 0.717) is 22.1 Å². The molecule has 8 nitrogen and oxygen atoms in total. The van der Waals surface area contributed by atoms with Crippen molar-refractivity contribution in [1.82, 2.24) is 4.90 Å². The Balaban J connectivity index is 1.31. The number of nitrogens with zero attached hydrogens (tertiary/aromatic N) is 1. The number of esters is 1. The van der Waals surface area contributed by atoms with E-state index >= 15 is 0 Å². The minimum absolute atomic E-state index is 0.191. The van der Waals surface area contributed by atoms with Gasteiger partial charge in [-0.2, -0.15) is 0 Å². The monoisotopic (exact) mass is 566 g/mol. The molecule has 4 rings (SSSR count). The molecule has 36 heavy (non-hydrogen) atoms. The van der Waals surface area contributed by atoms with E-state index < -0.39 is 36.8 Å². The fourth-order valence-electron chi connectivity index (χ4n) is 3.29. The number of fused-ring (bicyclic) bond motifs is 1. The van der Waals surface area contributed by atoms with Crippen LogP contribution in [0.25, 0.3) is 0 Å². The normalized spacial score (nSPS) is 12.4. The summed E-state index contributed by atoms with van der Waals surface area (Å²) in [7, 11) is 0. The van der Waals surface area contributed by atoms with Gasteiger partial charge in [-0.3, -0.25) is 24.1 Å². The smallest absolute Gasteiger partial charge is 0.326 e. The second-order valence-corrected chi connectivity index (χ2v) is 8.86. The Hall–Kier alpha value is -3.30. The number of imide groups is 1. The lowest BCUT2D eigenvalue weighted by atomic mass is 10.1. The minimum atomic E-state index is -1.00. The van der Waals surface area contributed by atoms with Crippen LogP contribution in [0.2, 0.25) is 20.1 Å². The number of hydrogen-bond acceptors (Lipinski definition) is 6. The number of para-hydroxylation sites is 1. The van der Waals surface area contributed by atoms with Crippen LogP contribution in [0.5, 0.6) is 11.5 Å². The maximum absolute atomic E-state index is 12.7. The van der Waals surface area contributed by atoms with Gasteiger partial charge in [-0.15, -0.1) is 0 Å². The molecular weight excluding hydrogens is 554 g/mol. The van der Waals surface area contributed by atoms with Gasteiger partial charge in [0.2, 0.25) is 0 Å². The Bertz CT molecular complexity index is 1330. The standard InChI is InChI=1S/C24H14Cl4N2O6/c25-19-17-18(20(26)22(28)21(19)27)24(34)30(23(17)33)10-16(32)35-11-15(31)29-12-6-8-14(9-7-12)36-13-4-2-1-3-5-13/h1-9H,10-11H2,(H,29,31). The van der Waals surface area contributed by atoms with E-state index in [9.17, 15) is 19.2 Å². The summed E-state index contributed by atoms with van der Waals surface area (Å²) in [5, 5.41) is 1.67. The van der Waals surface area contributed by atoms with Gasteiger partial charge < -0.3 is 14.8 Å². The van der Waals surface area contributed by atoms with Gasteiger partial charge in [-0.1, -0.05) is 64.6 Å². The molecule has 0 saturated heterocycles.